The van der Waals surface area contributed by atoms with Gasteiger partial charge in [-0.1, -0.05) is 12.1 Å². The second kappa shape index (κ2) is 11.4. The second-order valence-electron chi connectivity index (χ2n) is 8.04. The zero-order chi connectivity index (χ0) is 22.5. The van der Waals surface area contributed by atoms with Gasteiger partial charge in [0.1, 0.15) is 0 Å². The highest BCUT2D eigenvalue weighted by Crippen LogP contribution is 2.22. The van der Waals surface area contributed by atoms with Crippen molar-refractivity contribution in [1.29, 1.82) is 0 Å². The smallest absolute Gasteiger partial charge is 0.261 e. The van der Waals surface area contributed by atoms with E-state index in [1.54, 1.807) is 31.3 Å². The number of nitrogens with zero attached hydrogens (tertiary/aromatic N) is 4. The topological polar surface area (TPSA) is 91.6 Å². The maximum atomic E-state index is 12.4. The molecule has 2 N–H and O–H groups in total. The van der Waals surface area contributed by atoms with Crippen molar-refractivity contribution in [2.75, 3.05) is 20.1 Å². The van der Waals surface area contributed by atoms with Crippen molar-refractivity contribution < 1.29 is 9.59 Å². The number of amides is 2. The first kappa shape index (κ1) is 25.8. The Bertz CT molecular complexity index is 965. The molecule has 0 fully saturated rings. The highest BCUT2D eigenvalue weighted by molar-refractivity contribution is 14.0. The molecule has 8 nitrogen and oxygen atoms in total. The highest BCUT2D eigenvalue weighted by Gasteiger charge is 2.34. The van der Waals surface area contributed by atoms with Crippen LogP contribution in [-0.4, -0.2) is 58.6 Å². The molecular formula is C23H33IN6O2. The first-order chi connectivity index (χ1) is 14.8. The standard InChI is InChI=1S/C23H32N6O2.HI/c1-15(14-20-16(2)27-28(5)17(20)3)26-23(24-4)25-12-8-9-13-29-21(30)18-10-6-7-11-19(18)22(29)31;/h6-7,10-11,15H,8-9,12-14H2,1-5H3,(H2,24,25,26);1H. The van der Waals surface area contributed by atoms with Gasteiger partial charge in [0, 0.05) is 38.9 Å². The summed E-state index contributed by atoms with van der Waals surface area (Å²) >= 11 is 0. The van der Waals surface area contributed by atoms with E-state index >= 15 is 0 Å². The van der Waals surface area contributed by atoms with Gasteiger partial charge in [-0.15, -0.1) is 24.0 Å². The summed E-state index contributed by atoms with van der Waals surface area (Å²) in [6.07, 6.45) is 2.42. The van der Waals surface area contributed by atoms with Crippen LogP contribution in [0.15, 0.2) is 29.3 Å². The number of aryl methyl sites for hydroxylation is 2. The molecule has 0 spiro atoms. The Morgan fingerprint density at radius 1 is 1.12 bits per heavy atom. The number of aliphatic imine (C=N–C) groups is 1. The van der Waals surface area contributed by atoms with E-state index in [4.69, 9.17) is 0 Å². The Hall–Kier alpha value is -2.43. The van der Waals surface area contributed by atoms with E-state index in [0.717, 1.165) is 30.9 Å². The number of rotatable bonds is 8. The van der Waals surface area contributed by atoms with Gasteiger partial charge < -0.3 is 10.6 Å². The number of carbonyl (C=O) groups excluding carboxylic acids is 2. The number of hydrogen-bond donors (Lipinski definition) is 2. The quantitative estimate of drug-likeness (QED) is 0.173. The summed E-state index contributed by atoms with van der Waals surface area (Å²) in [6, 6.07) is 7.19. The van der Waals surface area contributed by atoms with Crippen LogP contribution >= 0.6 is 24.0 Å². The molecule has 0 bridgehead atoms. The van der Waals surface area contributed by atoms with Crippen molar-refractivity contribution >= 4 is 41.8 Å². The third kappa shape index (κ3) is 5.67. The highest BCUT2D eigenvalue weighted by atomic mass is 127. The van der Waals surface area contributed by atoms with E-state index in [9.17, 15) is 9.59 Å². The van der Waals surface area contributed by atoms with Crippen molar-refractivity contribution in [3.63, 3.8) is 0 Å². The first-order valence-corrected chi connectivity index (χ1v) is 10.7. The first-order valence-electron chi connectivity index (χ1n) is 10.7. The largest absolute Gasteiger partial charge is 0.356 e. The van der Waals surface area contributed by atoms with Crippen molar-refractivity contribution in [3.8, 4) is 0 Å². The third-order valence-corrected chi connectivity index (χ3v) is 5.76. The van der Waals surface area contributed by atoms with Gasteiger partial charge in [0.15, 0.2) is 5.96 Å². The molecule has 0 saturated carbocycles. The van der Waals surface area contributed by atoms with Gasteiger partial charge in [0.05, 0.1) is 16.8 Å². The summed E-state index contributed by atoms with van der Waals surface area (Å²) < 4.78 is 1.92. The molecule has 32 heavy (non-hydrogen) atoms. The van der Waals surface area contributed by atoms with Crippen molar-refractivity contribution in [1.82, 2.24) is 25.3 Å². The Kier molecular flexibility index (Phi) is 9.23. The molecule has 2 amide bonds. The van der Waals surface area contributed by atoms with Crippen molar-refractivity contribution in [3.05, 3.63) is 52.3 Å². The third-order valence-electron chi connectivity index (χ3n) is 5.76. The van der Waals surface area contributed by atoms with E-state index in [2.05, 4.69) is 34.6 Å². The van der Waals surface area contributed by atoms with Gasteiger partial charge in [0.25, 0.3) is 11.8 Å². The fraction of sp³-hybridized carbons (Fsp3) is 0.478. The summed E-state index contributed by atoms with van der Waals surface area (Å²) in [6.45, 7) is 7.39. The minimum absolute atomic E-state index is 0. The molecule has 1 aromatic heterocycles. The summed E-state index contributed by atoms with van der Waals surface area (Å²) in [5, 5.41) is 11.2. The van der Waals surface area contributed by atoms with E-state index in [1.165, 1.54) is 16.2 Å². The number of fused-ring (bicyclic) bond motifs is 1. The Morgan fingerprint density at radius 2 is 1.75 bits per heavy atom. The van der Waals surface area contributed by atoms with Crippen LogP contribution in [0.4, 0.5) is 0 Å². The van der Waals surface area contributed by atoms with Crippen LogP contribution in [0.1, 0.15) is 57.4 Å². The number of aromatic nitrogens is 2. The lowest BCUT2D eigenvalue weighted by molar-refractivity contribution is 0.0652. The van der Waals surface area contributed by atoms with Crippen molar-refractivity contribution in [2.45, 2.75) is 46.1 Å². The number of benzene rings is 1. The average Bonchev–Trinajstić information content (AvgIpc) is 3.14. The molecule has 3 rings (SSSR count). The Morgan fingerprint density at radius 3 is 2.28 bits per heavy atom. The number of unbranched alkanes of at least 4 members (excludes halogenated alkanes) is 1. The molecule has 0 aliphatic carbocycles. The van der Waals surface area contributed by atoms with Crippen molar-refractivity contribution in [2.24, 2.45) is 12.0 Å². The SMILES string of the molecule is CN=C(NCCCCN1C(=O)c2ccccc2C1=O)NC(C)Cc1c(C)nn(C)c1C.I. The minimum Gasteiger partial charge on any atom is -0.356 e. The molecule has 1 aliphatic heterocycles. The van der Waals surface area contributed by atoms with E-state index < -0.39 is 0 Å². The number of guanidine groups is 1. The summed E-state index contributed by atoms with van der Waals surface area (Å²) in [5.41, 5.74) is 4.51. The molecule has 0 radical (unpaired) electrons. The average molecular weight is 552 g/mol. The summed E-state index contributed by atoms with van der Waals surface area (Å²) in [7, 11) is 3.72. The van der Waals surface area contributed by atoms with E-state index in [-0.39, 0.29) is 41.8 Å². The maximum Gasteiger partial charge on any atom is 0.261 e. The van der Waals surface area contributed by atoms with Gasteiger partial charge in [-0.3, -0.25) is 24.2 Å². The molecular weight excluding hydrogens is 519 g/mol. The van der Waals surface area contributed by atoms with Crippen LogP contribution in [0.2, 0.25) is 0 Å². The number of halogens is 1. The molecule has 2 aromatic rings. The van der Waals surface area contributed by atoms with Crippen LogP contribution in [-0.2, 0) is 13.5 Å². The summed E-state index contributed by atoms with van der Waals surface area (Å²) in [4.78, 5) is 30.4. The Labute approximate surface area is 206 Å². The monoisotopic (exact) mass is 552 g/mol. The lowest BCUT2D eigenvalue weighted by atomic mass is 10.1. The zero-order valence-corrected chi connectivity index (χ0v) is 21.8. The Balaban J connectivity index is 0.00000363. The molecule has 1 atom stereocenters. The number of imide groups is 1. The van der Waals surface area contributed by atoms with Crippen LogP contribution in [0.3, 0.4) is 0 Å². The van der Waals surface area contributed by atoms with Crippen LogP contribution in [0.5, 0.6) is 0 Å². The van der Waals surface area contributed by atoms with Crippen LogP contribution in [0.25, 0.3) is 0 Å². The minimum atomic E-state index is -0.194. The summed E-state index contributed by atoms with van der Waals surface area (Å²) in [5.74, 6) is 0.356. The van der Waals surface area contributed by atoms with E-state index in [1.807, 2.05) is 18.7 Å². The molecule has 0 saturated heterocycles. The number of carbonyl (C=O) groups is 2. The molecule has 1 unspecified atom stereocenters. The van der Waals surface area contributed by atoms with Crippen LogP contribution in [0, 0.1) is 13.8 Å². The lowest BCUT2D eigenvalue weighted by Crippen LogP contribution is -2.43. The lowest BCUT2D eigenvalue weighted by Gasteiger charge is -2.18. The fourth-order valence-electron chi connectivity index (χ4n) is 3.94. The number of hydrogen-bond acceptors (Lipinski definition) is 4. The molecule has 9 heteroatoms. The number of nitrogens with one attached hydrogen (secondary N) is 2. The zero-order valence-electron chi connectivity index (χ0n) is 19.4. The van der Waals surface area contributed by atoms with Gasteiger partial charge >= 0.3 is 0 Å². The molecule has 174 valence electrons. The molecule has 2 heterocycles. The predicted octanol–water partition coefficient (Wildman–Crippen LogP) is 2.83. The maximum absolute atomic E-state index is 12.4. The van der Waals surface area contributed by atoms with Gasteiger partial charge in [-0.25, -0.2) is 0 Å². The predicted molar refractivity (Wildman–Crippen MR) is 137 cm³/mol. The molecule has 1 aromatic carbocycles. The fourth-order valence-corrected chi connectivity index (χ4v) is 3.94. The van der Waals surface area contributed by atoms with Gasteiger partial charge in [-0.2, -0.15) is 5.10 Å². The second-order valence-corrected chi connectivity index (χ2v) is 8.04. The molecule has 1 aliphatic rings. The van der Waals surface area contributed by atoms with Crippen LogP contribution < -0.4 is 10.6 Å². The van der Waals surface area contributed by atoms with Gasteiger partial charge in [0.2, 0.25) is 0 Å². The normalized spacial score (nSPS) is 14.3. The van der Waals surface area contributed by atoms with Gasteiger partial charge in [-0.05, 0) is 57.7 Å². The van der Waals surface area contributed by atoms with E-state index in [0.29, 0.717) is 24.2 Å².